The Balaban J connectivity index is 2.17. The fourth-order valence-electron chi connectivity index (χ4n) is 2.28. The zero-order valence-corrected chi connectivity index (χ0v) is 15.5. The van der Waals surface area contributed by atoms with Crippen molar-refractivity contribution in [1.82, 2.24) is 10.3 Å². The molecule has 0 aliphatic rings. The van der Waals surface area contributed by atoms with Gasteiger partial charge in [-0.05, 0) is 18.4 Å². The molecule has 7 heteroatoms. The number of benzene rings is 1. The van der Waals surface area contributed by atoms with E-state index in [0.29, 0.717) is 10.9 Å². The van der Waals surface area contributed by atoms with Crippen molar-refractivity contribution in [3.05, 3.63) is 40.9 Å². The predicted molar refractivity (Wildman–Crippen MR) is 97.0 cm³/mol. The Morgan fingerprint density at radius 3 is 2.48 bits per heavy atom. The number of carbonyl (C=O) groups is 2. The summed E-state index contributed by atoms with van der Waals surface area (Å²) in [4.78, 5) is 28.1. The van der Waals surface area contributed by atoms with E-state index >= 15 is 0 Å². The Labute approximate surface area is 150 Å². The number of nitrogens with one attached hydrogen (secondary N) is 1. The highest BCUT2D eigenvalue weighted by molar-refractivity contribution is 7.13. The Morgan fingerprint density at radius 1 is 1.32 bits per heavy atom. The van der Waals surface area contributed by atoms with Crippen LogP contribution >= 0.6 is 11.3 Å². The number of carboxylic acids is 1. The third kappa shape index (κ3) is 4.43. The van der Waals surface area contributed by atoms with Crippen LogP contribution in [0.5, 0.6) is 0 Å². The smallest absolute Gasteiger partial charge is 0.331 e. The molecule has 0 fully saturated rings. The van der Waals surface area contributed by atoms with E-state index in [1.165, 1.54) is 30.9 Å². The van der Waals surface area contributed by atoms with Gasteiger partial charge in [0, 0.05) is 18.1 Å². The second kappa shape index (κ2) is 7.76. The van der Waals surface area contributed by atoms with Crippen LogP contribution in [0.3, 0.4) is 0 Å². The molecule has 134 valence electrons. The summed E-state index contributed by atoms with van der Waals surface area (Å²) in [5.74, 6) is -1.26. The van der Waals surface area contributed by atoms with Gasteiger partial charge in [-0.1, -0.05) is 38.1 Å². The molecule has 0 saturated carbocycles. The van der Waals surface area contributed by atoms with Crippen molar-refractivity contribution in [1.29, 1.82) is 0 Å². The van der Waals surface area contributed by atoms with Gasteiger partial charge in [-0.2, -0.15) is 0 Å². The summed E-state index contributed by atoms with van der Waals surface area (Å²) in [6, 6.07) is 8.03. The molecule has 2 aromatic rings. The first-order chi connectivity index (χ1) is 11.8. The molecule has 0 aliphatic carbocycles. The zero-order chi connectivity index (χ0) is 18.6. The Kier molecular flexibility index (Phi) is 5.92. The number of methoxy groups -OCH3 is 1. The van der Waals surface area contributed by atoms with Crippen molar-refractivity contribution in [3.63, 3.8) is 0 Å². The van der Waals surface area contributed by atoms with Crippen LogP contribution in [0.25, 0.3) is 10.6 Å². The monoisotopic (exact) mass is 362 g/mol. The standard InChI is InChI=1S/C18H22N2O4S/c1-11(2)12-5-7-13(8-6-12)16-19-14(9-25-16)15(21)20-18(3,10-24-4)17(22)23/h5-9,11H,10H2,1-4H3,(H,20,21)(H,22,23). The van der Waals surface area contributed by atoms with Gasteiger partial charge in [0.1, 0.15) is 10.7 Å². The molecule has 0 radical (unpaired) electrons. The minimum absolute atomic E-state index is 0.137. The average molecular weight is 362 g/mol. The van der Waals surface area contributed by atoms with E-state index < -0.39 is 17.4 Å². The second-order valence-electron chi connectivity index (χ2n) is 6.34. The maximum Gasteiger partial charge on any atom is 0.331 e. The molecule has 0 spiro atoms. The predicted octanol–water partition coefficient (Wildman–Crippen LogP) is 3.15. The molecule has 1 aromatic carbocycles. The fraction of sp³-hybridized carbons (Fsp3) is 0.389. The third-order valence-corrected chi connectivity index (χ3v) is 4.75. The van der Waals surface area contributed by atoms with E-state index in [2.05, 4.69) is 24.1 Å². The van der Waals surface area contributed by atoms with Gasteiger partial charge in [0.05, 0.1) is 6.61 Å². The summed E-state index contributed by atoms with van der Waals surface area (Å²) in [6.07, 6.45) is 0. The maximum absolute atomic E-state index is 12.3. The minimum Gasteiger partial charge on any atom is -0.479 e. The molecule has 1 heterocycles. The second-order valence-corrected chi connectivity index (χ2v) is 7.20. The lowest BCUT2D eigenvalue weighted by molar-refractivity contribution is -0.145. The highest BCUT2D eigenvalue weighted by Crippen LogP contribution is 2.26. The topological polar surface area (TPSA) is 88.5 Å². The van der Waals surface area contributed by atoms with Crippen molar-refractivity contribution in [2.75, 3.05) is 13.7 Å². The van der Waals surface area contributed by atoms with Gasteiger partial charge < -0.3 is 15.2 Å². The number of aliphatic carboxylic acids is 1. The van der Waals surface area contributed by atoms with Gasteiger partial charge in [0.25, 0.3) is 5.91 Å². The number of hydrogen-bond acceptors (Lipinski definition) is 5. The van der Waals surface area contributed by atoms with E-state index in [9.17, 15) is 14.7 Å². The van der Waals surface area contributed by atoms with Crippen molar-refractivity contribution < 1.29 is 19.4 Å². The first-order valence-corrected chi connectivity index (χ1v) is 8.75. The number of rotatable bonds is 7. The van der Waals surface area contributed by atoms with E-state index in [0.717, 1.165) is 5.56 Å². The highest BCUT2D eigenvalue weighted by Gasteiger charge is 2.35. The molecule has 1 aromatic heterocycles. The number of carboxylic acid groups (broad SMARTS) is 1. The first-order valence-electron chi connectivity index (χ1n) is 7.87. The van der Waals surface area contributed by atoms with Crippen molar-refractivity contribution in [2.24, 2.45) is 0 Å². The molecule has 2 N–H and O–H groups in total. The normalized spacial score (nSPS) is 13.5. The van der Waals surface area contributed by atoms with Gasteiger partial charge in [0.2, 0.25) is 0 Å². The van der Waals surface area contributed by atoms with Crippen LogP contribution in [-0.2, 0) is 9.53 Å². The van der Waals surface area contributed by atoms with Crippen LogP contribution < -0.4 is 5.32 Å². The average Bonchev–Trinajstić information content (AvgIpc) is 3.05. The molecular formula is C18H22N2O4S. The molecule has 1 unspecified atom stereocenters. The van der Waals surface area contributed by atoms with Crippen LogP contribution in [0.15, 0.2) is 29.6 Å². The van der Waals surface area contributed by atoms with Crippen LogP contribution in [-0.4, -0.2) is 41.2 Å². The molecule has 2 rings (SSSR count). The van der Waals surface area contributed by atoms with Crippen molar-refractivity contribution in [3.8, 4) is 10.6 Å². The first kappa shape index (κ1) is 19.1. The van der Waals surface area contributed by atoms with Gasteiger partial charge in [-0.15, -0.1) is 11.3 Å². The fourth-order valence-corrected chi connectivity index (χ4v) is 3.08. The van der Waals surface area contributed by atoms with Crippen molar-refractivity contribution >= 4 is 23.2 Å². The molecule has 0 aliphatic heterocycles. The van der Waals surface area contributed by atoms with Crippen LogP contribution in [0, 0.1) is 0 Å². The molecular weight excluding hydrogens is 340 g/mol. The maximum atomic E-state index is 12.3. The quantitative estimate of drug-likeness (QED) is 0.790. The van der Waals surface area contributed by atoms with E-state index in [4.69, 9.17) is 4.74 Å². The summed E-state index contributed by atoms with van der Waals surface area (Å²) in [6.45, 7) is 5.51. The summed E-state index contributed by atoms with van der Waals surface area (Å²) in [5.41, 5.74) is 0.840. The van der Waals surface area contributed by atoms with Gasteiger partial charge in [-0.3, -0.25) is 4.79 Å². The SMILES string of the molecule is COCC(C)(NC(=O)c1csc(-c2ccc(C(C)C)cc2)n1)C(=O)O. The number of carbonyl (C=O) groups excluding carboxylic acids is 1. The van der Waals surface area contributed by atoms with Crippen LogP contribution in [0.2, 0.25) is 0 Å². The largest absolute Gasteiger partial charge is 0.479 e. The lowest BCUT2D eigenvalue weighted by Crippen LogP contribution is -2.55. The Hall–Kier alpha value is -2.25. The lowest BCUT2D eigenvalue weighted by Gasteiger charge is -2.24. The van der Waals surface area contributed by atoms with Crippen LogP contribution in [0.1, 0.15) is 42.7 Å². The third-order valence-electron chi connectivity index (χ3n) is 3.86. The zero-order valence-electron chi connectivity index (χ0n) is 14.7. The Morgan fingerprint density at radius 2 is 1.96 bits per heavy atom. The summed E-state index contributed by atoms with van der Waals surface area (Å²) in [5, 5.41) is 14.1. The van der Waals surface area contributed by atoms with E-state index in [1.54, 1.807) is 5.38 Å². The van der Waals surface area contributed by atoms with Crippen molar-refractivity contribution in [2.45, 2.75) is 32.2 Å². The van der Waals surface area contributed by atoms with E-state index in [1.807, 2.05) is 24.3 Å². The molecule has 1 amide bonds. The number of aromatic nitrogens is 1. The molecule has 25 heavy (non-hydrogen) atoms. The Bertz CT molecular complexity index is 755. The summed E-state index contributed by atoms with van der Waals surface area (Å²) < 4.78 is 4.90. The number of hydrogen-bond donors (Lipinski definition) is 2. The summed E-state index contributed by atoms with van der Waals surface area (Å²) in [7, 11) is 1.38. The lowest BCUT2D eigenvalue weighted by atomic mass is 10.0. The molecule has 0 bridgehead atoms. The number of amides is 1. The van der Waals surface area contributed by atoms with Gasteiger partial charge in [0.15, 0.2) is 5.54 Å². The van der Waals surface area contributed by atoms with Crippen LogP contribution in [0.4, 0.5) is 0 Å². The highest BCUT2D eigenvalue weighted by atomic mass is 32.1. The number of nitrogens with zero attached hydrogens (tertiary/aromatic N) is 1. The number of ether oxygens (including phenoxy) is 1. The van der Waals surface area contributed by atoms with Gasteiger partial charge >= 0.3 is 5.97 Å². The molecule has 0 saturated heterocycles. The molecule has 6 nitrogen and oxygen atoms in total. The van der Waals surface area contributed by atoms with E-state index in [-0.39, 0.29) is 12.3 Å². The molecule has 1 atom stereocenters. The summed E-state index contributed by atoms with van der Waals surface area (Å²) >= 11 is 1.34. The number of thiazole rings is 1. The van der Waals surface area contributed by atoms with Gasteiger partial charge in [-0.25, -0.2) is 9.78 Å². The minimum atomic E-state index is -1.51.